The van der Waals surface area contributed by atoms with E-state index in [1.54, 1.807) is 16.6 Å². The first-order valence-electron chi connectivity index (χ1n) is 10.3. The number of nitrogens with one attached hydrogen (secondary N) is 2. The first-order chi connectivity index (χ1) is 14.4. The molecule has 0 aliphatic rings. The summed E-state index contributed by atoms with van der Waals surface area (Å²) in [6, 6.07) is 4.66. The molecule has 0 fully saturated rings. The van der Waals surface area contributed by atoms with Crippen molar-refractivity contribution in [3.05, 3.63) is 63.3 Å². The maximum atomic E-state index is 14.3. The number of carbonyl (C=O) groups is 1. The number of quaternary nitrogens is 1. The van der Waals surface area contributed by atoms with Crippen LogP contribution in [0, 0.1) is 19.7 Å². The smallest absolute Gasteiger partial charge is 0.256 e. The average Bonchev–Trinajstić information content (AvgIpc) is 3.14. The second kappa shape index (κ2) is 9.53. The molecule has 6 nitrogen and oxygen atoms in total. The molecule has 1 aromatic carbocycles. The van der Waals surface area contributed by atoms with Gasteiger partial charge >= 0.3 is 0 Å². The molecule has 2 aromatic heterocycles. The summed E-state index contributed by atoms with van der Waals surface area (Å²) in [5.74, 6) is -0.537. The Bertz CT molecular complexity index is 1040. The lowest BCUT2D eigenvalue weighted by atomic mass is 10.0. The molecule has 1 amide bonds. The summed E-state index contributed by atoms with van der Waals surface area (Å²) in [6.07, 6.45) is 1.84. The molecule has 0 unspecified atom stereocenters. The molecule has 0 bridgehead atoms. The Morgan fingerprint density at radius 1 is 1.23 bits per heavy atom. The molecule has 3 aromatic rings. The minimum atomic E-state index is -0.350. The number of aryl methyl sites for hydroxylation is 2. The minimum absolute atomic E-state index is 0.187. The zero-order chi connectivity index (χ0) is 21.8. The number of amides is 1. The van der Waals surface area contributed by atoms with Crippen molar-refractivity contribution in [2.75, 3.05) is 26.2 Å². The molecule has 2 heterocycles. The molecular weight excluding hydrogens is 405 g/mol. The minimum Gasteiger partial charge on any atom is -0.346 e. The van der Waals surface area contributed by atoms with Gasteiger partial charge in [-0.25, -0.2) is 13.9 Å². The second-order valence-electron chi connectivity index (χ2n) is 7.39. The molecule has 30 heavy (non-hydrogen) atoms. The van der Waals surface area contributed by atoms with E-state index in [-0.39, 0.29) is 11.7 Å². The van der Waals surface area contributed by atoms with Crippen LogP contribution in [0.4, 0.5) is 4.39 Å². The molecule has 0 atom stereocenters. The number of aromatic nitrogens is 3. The summed E-state index contributed by atoms with van der Waals surface area (Å²) in [6.45, 7) is 11.5. The van der Waals surface area contributed by atoms with Gasteiger partial charge in [-0.2, -0.15) is 5.10 Å². The first-order valence-corrected chi connectivity index (χ1v) is 10.6. The van der Waals surface area contributed by atoms with Gasteiger partial charge in [-0.15, -0.1) is 0 Å². The maximum absolute atomic E-state index is 14.3. The molecule has 0 radical (unpaired) electrons. The molecule has 0 aliphatic carbocycles. The van der Waals surface area contributed by atoms with Crippen LogP contribution in [0.2, 0.25) is 5.02 Å². The van der Waals surface area contributed by atoms with E-state index in [0.717, 1.165) is 36.6 Å². The van der Waals surface area contributed by atoms with Gasteiger partial charge in [-0.1, -0.05) is 17.7 Å². The maximum Gasteiger partial charge on any atom is 0.256 e. The van der Waals surface area contributed by atoms with Crippen molar-refractivity contribution in [1.82, 2.24) is 19.9 Å². The van der Waals surface area contributed by atoms with E-state index in [1.165, 1.54) is 17.2 Å². The van der Waals surface area contributed by atoms with Gasteiger partial charge in [0.1, 0.15) is 11.4 Å². The lowest BCUT2D eigenvalue weighted by Gasteiger charge is -2.15. The van der Waals surface area contributed by atoms with Gasteiger partial charge in [0.05, 0.1) is 32.4 Å². The molecule has 2 N–H and O–H groups in total. The molecular formula is C22H28ClFN5O+. The predicted octanol–water partition coefficient (Wildman–Crippen LogP) is 2.38. The zero-order valence-electron chi connectivity index (χ0n) is 17.9. The Balaban J connectivity index is 1.87. The van der Waals surface area contributed by atoms with Crippen LogP contribution in [0.5, 0.6) is 0 Å². The monoisotopic (exact) mass is 432 g/mol. The third-order valence-corrected chi connectivity index (χ3v) is 5.99. The fourth-order valence-corrected chi connectivity index (χ4v) is 3.89. The van der Waals surface area contributed by atoms with E-state index in [0.29, 0.717) is 34.8 Å². The molecule has 0 aliphatic heterocycles. The van der Waals surface area contributed by atoms with Crippen LogP contribution < -0.4 is 10.2 Å². The van der Waals surface area contributed by atoms with Crippen LogP contribution >= 0.6 is 11.6 Å². The topological polar surface area (TPSA) is 63.7 Å². The molecule has 0 saturated heterocycles. The normalized spacial score (nSPS) is 11.4. The van der Waals surface area contributed by atoms with E-state index >= 15 is 0 Å². The molecule has 8 heteroatoms. The van der Waals surface area contributed by atoms with E-state index in [2.05, 4.69) is 29.2 Å². The van der Waals surface area contributed by atoms with E-state index < -0.39 is 0 Å². The largest absolute Gasteiger partial charge is 0.346 e. The highest BCUT2D eigenvalue weighted by Gasteiger charge is 2.20. The number of nitrogens with zero attached hydrogens (tertiary/aromatic N) is 3. The number of carbonyl (C=O) groups excluding carboxylic acids is 1. The zero-order valence-corrected chi connectivity index (χ0v) is 18.6. The molecule has 3 rings (SSSR count). The van der Waals surface area contributed by atoms with Gasteiger partial charge in [0.25, 0.3) is 5.91 Å². The number of rotatable bonds is 8. The van der Waals surface area contributed by atoms with Crippen LogP contribution in [-0.2, 0) is 6.42 Å². The van der Waals surface area contributed by atoms with Crippen molar-refractivity contribution in [3.63, 3.8) is 0 Å². The summed E-state index contributed by atoms with van der Waals surface area (Å²) in [5.41, 5.74) is 3.74. The second-order valence-corrected chi connectivity index (χ2v) is 7.80. The number of halogens is 2. The van der Waals surface area contributed by atoms with Crippen molar-refractivity contribution in [3.8, 4) is 0 Å². The van der Waals surface area contributed by atoms with Crippen molar-refractivity contribution in [1.29, 1.82) is 0 Å². The van der Waals surface area contributed by atoms with E-state index in [1.807, 2.05) is 13.8 Å². The van der Waals surface area contributed by atoms with Crippen LogP contribution in [-0.4, -0.2) is 46.7 Å². The van der Waals surface area contributed by atoms with Gasteiger partial charge < -0.3 is 10.2 Å². The highest BCUT2D eigenvalue weighted by atomic mass is 35.5. The van der Waals surface area contributed by atoms with Crippen LogP contribution in [0.3, 0.4) is 0 Å². The fraction of sp³-hybridized carbons (Fsp3) is 0.409. The van der Waals surface area contributed by atoms with Crippen molar-refractivity contribution in [2.24, 2.45) is 0 Å². The van der Waals surface area contributed by atoms with Crippen molar-refractivity contribution >= 4 is 23.2 Å². The SMILES string of the molecule is CC[NH+](CC)CCNC(=O)c1cnn2c(C)c(Cc3c(F)cccc3Cl)c(C)nc12. The van der Waals surface area contributed by atoms with Crippen molar-refractivity contribution in [2.45, 2.75) is 34.1 Å². The van der Waals surface area contributed by atoms with Crippen LogP contribution in [0.15, 0.2) is 24.4 Å². The summed E-state index contributed by atoms with van der Waals surface area (Å²) in [5, 5.41) is 7.71. The Morgan fingerprint density at radius 3 is 2.63 bits per heavy atom. The standard InChI is InChI=1S/C22H27ClFN5O/c1-5-28(6-2)11-10-25-22(30)18-13-26-29-15(4)16(14(3)27-21(18)29)12-17-19(23)8-7-9-20(17)24/h7-9,13H,5-6,10-12H2,1-4H3,(H,25,30)/p+1. The van der Waals surface area contributed by atoms with Crippen LogP contribution in [0.25, 0.3) is 5.65 Å². The Morgan fingerprint density at radius 2 is 1.97 bits per heavy atom. The number of hydrogen-bond donors (Lipinski definition) is 2. The first kappa shape index (κ1) is 22.2. The number of benzene rings is 1. The Labute approximate surface area is 181 Å². The highest BCUT2D eigenvalue weighted by Crippen LogP contribution is 2.26. The van der Waals surface area contributed by atoms with Gasteiger partial charge in [-0.3, -0.25) is 4.79 Å². The van der Waals surface area contributed by atoms with Gasteiger partial charge in [0.2, 0.25) is 0 Å². The Hall–Kier alpha value is -2.51. The van der Waals surface area contributed by atoms with Gasteiger partial charge in [0.15, 0.2) is 5.65 Å². The van der Waals surface area contributed by atoms with E-state index in [4.69, 9.17) is 11.6 Å². The summed E-state index contributed by atoms with van der Waals surface area (Å²) < 4.78 is 15.9. The third kappa shape index (κ3) is 4.47. The summed E-state index contributed by atoms with van der Waals surface area (Å²) in [4.78, 5) is 18.7. The summed E-state index contributed by atoms with van der Waals surface area (Å²) >= 11 is 6.20. The van der Waals surface area contributed by atoms with Gasteiger partial charge in [-0.05, 0) is 45.4 Å². The average molecular weight is 433 g/mol. The van der Waals surface area contributed by atoms with Gasteiger partial charge in [0, 0.05) is 28.4 Å². The number of hydrogen-bond acceptors (Lipinski definition) is 3. The van der Waals surface area contributed by atoms with Crippen molar-refractivity contribution < 1.29 is 14.1 Å². The molecule has 0 spiro atoms. The number of likely N-dealkylation sites (N-methyl/N-ethyl adjacent to an activating group) is 1. The van der Waals surface area contributed by atoms with E-state index in [9.17, 15) is 9.18 Å². The fourth-order valence-electron chi connectivity index (χ4n) is 3.66. The lowest BCUT2D eigenvalue weighted by molar-refractivity contribution is -0.895. The lowest BCUT2D eigenvalue weighted by Crippen LogP contribution is -3.12. The highest BCUT2D eigenvalue weighted by molar-refractivity contribution is 6.31. The van der Waals surface area contributed by atoms with Crippen LogP contribution in [0.1, 0.15) is 46.7 Å². The molecule has 0 saturated carbocycles. The number of fused-ring (bicyclic) bond motifs is 1. The molecule has 160 valence electrons. The summed E-state index contributed by atoms with van der Waals surface area (Å²) in [7, 11) is 0. The predicted molar refractivity (Wildman–Crippen MR) is 116 cm³/mol. The quantitative estimate of drug-likeness (QED) is 0.574. The Kier molecular flexibility index (Phi) is 7.05. The third-order valence-electron chi connectivity index (χ3n) is 5.63.